The normalized spacial score (nSPS) is 18.1. The fourth-order valence-corrected chi connectivity index (χ4v) is 2.92. The Hall–Kier alpha value is -0.620. The molecule has 1 fully saturated rings. The first-order chi connectivity index (χ1) is 10.1. The second-order valence-electron chi connectivity index (χ2n) is 5.72. The smallest absolute Gasteiger partial charge is 0.237 e. The quantitative estimate of drug-likeness (QED) is 0.811. The van der Waals surface area contributed by atoms with E-state index in [1.165, 1.54) is 5.56 Å². The maximum atomic E-state index is 12.2. The molecule has 2 atom stereocenters. The highest BCUT2D eigenvalue weighted by Gasteiger charge is 2.27. The van der Waals surface area contributed by atoms with Gasteiger partial charge in [-0.05, 0) is 49.8 Å². The molecule has 0 radical (unpaired) electrons. The average molecular weight is 392 g/mol. The van der Waals surface area contributed by atoms with Crippen molar-refractivity contribution in [2.45, 2.75) is 38.3 Å². The van der Waals surface area contributed by atoms with Gasteiger partial charge in [0.05, 0.1) is 6.04 Å². The third-order valence-corrected chi connectivity index (χ3v) is 4.45. The minimum absolute atomic E-state index is 0. The van der Waals surface area contributed by atoms with E-state index in [-0.39, 0.29) is 30.3 Å². The van der Waals surface area contributed by atoms with Crippen LogP contribution >= 0.6 is 28.3 Å². The number of nitrogens with two attached hydrogens (primary N) is 1. The molecular weight excluding hydrogens is 368 g/mol. The van der Waals surface area contributed by atoms with Crippen LogP contribution in [0, 0.1) is 5.92 Å². The first-order valence-corrected chi connectivity index (χ1v) is 8.23. The predicted octanol–water partition coefficient (Wildman–Crippen LogP) is 2.67. The standard InChI is InChI=1S/C16H23BrN2O2.ClH/c1-11(10-12-2-4-14(17)5-3-12)19-16(20)15(18)13-6-8-21-9-7-13;/h2-5,11,13,15H,6-10,18H2,1H3,(H,19,20);1H. The number of carbonyl (C=O) groups is 1. The van der Waals surface area contributed by atoms with Crippen LogP contribution in [0.3, 0.4) is 0 Å². The van der Waals surface area contributed by atoms with E-state index < -0.39 is 6.04 Å². The van der Waals surface area contributed by atoms with Gasteiger partial charge in [0.2, 0.25) is 5.91 Å². The molecule has 6 heteroatoms. The lowest BCUT2D eigenvalue weighted by Gasteiger charge is -2.27. The van der Waals surface area contributed by atoms with E-state index >= 15 is 0 Å². The van der Waals surface area contributed by atoms with E-state index in [9.17, 15) is 4.79 Å². The van der Waals surface area contributed by atoms with Crippen molar-refractivity contribution in [3.05, 3.63) is 34.3 Å². The molecule has 22 heavy (non-hydrogen) atoms. The van der Waals surface area contributed by atoms with Gasteiger partial charge in [-0.3, -0.25) is 4.79 Å². The van der Waals surface area contributed by atoms with Crippen molar-refractivity contribution >= 4 is 34.2 Å². The van der Waals surface area contributed by atoms with Gasteiger partial charge in [-0.25, -0.2) is 0 Å². The van der Waals surface area contributed by atoms with E-state index in [4.69, 9.17) is 10.5 Å². The Kier molecular flexibility index (Phi) is 8.39. The summed E-state index contributed by atoms with van der Waals surface area (Å²) in [5.74, 6) is 0.185. The SMILES string of the molecule is CC(Cc1ccc(Br)cc1)NC(=O)C(N)C1CCOCC1.Cl. The number of amides is 1. The number of hydrogen-bond donors (Lipinski definition) is 2. The molecule has 1 amide bonds. The molecule has 124 valence electrons. The summed E-state index contributed by atoms with van der Waals surface area (Å²) in [6.45, 7) is 3.43. The second kappa shape index (κ2) is 9.50. The van der Waals surface area contributed by atoms with Crippen LogP contribution in [0.4, 0.5) is 0 Å². The zero-order valence-electron chi connectivity index (χ0n) is 12.8. The van der Waals surface area contributed by atoms with Crippen molar-refractivity contribution < 1.29 is 9.53 Å². The van der Waals surface area contributed by atoms with Crippen LogP contribution in [0.15, 0.2) is 28.7 Å². The van der Waals surface area contributed by atoms with Gasteiger partial charge in [0.1, 0.15) is 0 Å². The van der Waals surface area contributed by atoms with Crippen LogP contribution in [0.2, 0.25) is 0 Å². The fourth-order valence-electron chi connectivity index (χ4n) is 2.65. The Morgan fingerprint density at radius 1 is 1.36 bits per heavy atom. The van der Waals surface area contributed by atoms with Gasteiger partial charge in [0.15, 0.2) is 0 Å². The summed E-state index contributed by atoms with van der Waals surface area (Å²) < 4.78 is 6.37. The minimum Gasteiger partial charge on any atom is -0.381 e. The van der Waals surface area contributed by atoms with Crippen molar-refractivity contribution in [2.75, 3.05) is 13.2 Å². The summed E-state index contributed by atoms with van der Waals surface area (Å²) in [7, 11) is 0. The molecule has 1 aromatic rings. The zero-order chi connectivity index (χ0) is 15.2. The maximum absolute atomic E-state index is 12.2. The molecular formula is C16H24BrClN2O2. The molecule has 1 aliphatic heterocycles. The van der Waals surface area contributed by atoms with Crippen LogP contribution in [-0.4, -0.2) is 31.2 Å². The largest absolute Gasteiger partial charge is 0.381 e. The molecule has 2 rings (SSSR count). The molecule has 0 aliphatic carbocycles. The number of hydrogen-bond acceptors (Lipinski definition) is 3. The summed E-state index contributed by atoms with van der Waals surface area (Å²) in [5.41, 5.74) is 7.28. The zero-order valence-corrected chi connectivity index (χ0v) is 15.2. The molecule has 0 aromatic heterocycles. The van der Waals surface area contributed by atoms with E-state index in [1.54, 1.807) is 0 Å². The monoisotopic (exact) mass is 390 g/mol. The summed E-state index contributed by atoms with van der Waals surface area (Å²) in [6.07, 6.45) is 2.55. The van der Waals surface area contributed by atoms with Crippen LogP contribution < -0.4 is 11.1 Å². The number of carbonyl (C=O) groups excluding carboxylic acids is 1. The summed E-state index contributed by atoms with van der Waals surface area (Å²) in [4.78, 5) is 12.2. The third-order valence-electron chi connectivity index (χ3n) is 3.92. The van der Waals surface area contributed by atoms with Crippen LogP contribution in [0.5, 0.6) is 0 Å². The van der Waals surface area contributed by atoms with Gasteiger partial charge in [-0.2, -0.15) is 0 Å². The third kappa shape index (κ3) is 5.88. The summed E-state index contributed by atoms with van der Waals surface area (Å²) in [6, 6.07) is 7.79. The molecule has 1 heterocycles. The molecule has 1 aliphatic rings. The highest BCUT2D eigenvalue weighted by Crippen LogP contribution is 2.18. The van der Waals surface area contributed by atoms with E-state index in [0.29, 0.717) is 13.2 Å². The second-order valence-corrected chi connectivity index (χ2v) is 6.63. The Balaban J connectivity index is 0.00000242. The van der Waals surface area contributed by atoms with E-state index in [1.807, 2.05) is 19.1 Å². The number of halogens is 2. The highest BCUT2D eigenvalue weighted by molar-refractivity contribution is 9.10. The van der Waals surface area contributed by atoms with Gasteiger partial charge >= 0.3 is 0 Å². The number of nitrogens with one attached hydrogen (secondary N) is 1. The predicted molar refractivity (Wildman–Crippen MR) is 94.2 cm³/mol. The van der Waals surface area contributed by atoms with E-state index in [2.05, 4.69) is 33.4 Å². The van der Waals surface area contributed by atoms with Gasteiger partial charge in [-0.15, -0.1) is 12.4 Å². The van der Waals surface area contributed by atoms with Crippen molar-refractivity contribution in [1.82, 2.24) is 5.32 Å². The molecule has 1 saturated heterocycles. The topological polar surface area (TPSA) is 64.4 Å². The first-order valence-electron chi connectivity index (χ1n) is 7.44. The molecule has 0 saturated carbocycles. The van der Waals surface area contributed by atoms with Crippen molar-refractivity contribution in [2.24, 2.45) is 11.7 Å². The first kappa shape index (κ1) is 19.4. The van der Waals surface area contributed by atoms with Gasteiger partial charge in [0.25, 0.3) is 0 Å². The Labute approximate surface area is 146 Å². The van der Waals surface area contributed by atoms with Crippen molar-refractivity contribution in [3.8, 4) is 0 Å². The molecule has 1 aromatic carbocycles. The number of benzene rings is 1. The molecule has 3 N–H and O–H groups in total. The number of rotatable bonds is 5. The van der Waals surface area contributed by atoms with E-state index in [0.717, 1.165) is 23.7 Å². The van der Waals surface area contributed by atoms with Crippen LogP contribution in [0.25, 0.3) is 0 Å². The molecule has 2 unspecified atom stereocenters. The van der Waals surface area contributed by atoms with Crippen LogP contribution in [0.1, 0.15) is 25.3 Å². The van der Waals surface area contributed by atoms with Gasteiger partial charge in [-0.1, -0.05) is 28.1 Å². The fraction of sp³-hybridized carbons (Fsp3) is 0.562. The Morgan fingerprint density at radius 2 is 1.95 bits per heavy atom. The summed E-state index contributed by atoms with van der Waals surface area (Å²) >= 11 is 3.42. The molecule has 0 spiro atoms. The Morgan fingerprint density at radius 3 is 2.55 bits per heavy atom. The number of ether oxygens (including phenoxy) is 1. The van der Waals surface area contributed by atoms with Crippen molar-refractivity contribution in [1.29, 1.82) is 0 Å². The van der Waals surface area contributed by atoms with Crippen molar-refractivity contribution in [3.63, 3.8) is 0 Å². The maximum Gasteiger partial charge on any atom is 0.237 e. The highest BCUT2D eigenvalue weighted by atomic mass is 79.9. The van der Waals surface area contributed by atoms with Gasteiger partial charge in [0, 0.05) is 23.7 Å². The lowest BCUT2D eigenvalue weighted by atomic mass is 9.91. The lowest BCUT2D eigenvalue weighted by molar-refractivity contribution is -0.124. The average Bonchev–Trinajstić information content (AvgIpc) is 2.49. The van der Waals surface area contributed by atoms with Gasteiger partial charge < -0.3 is 15.8 Å². The van der Waals surface area contributed by atoms with Crippen LogP contribution in [-0.2, 0) is 16.0 Å². The molecule has 0 bridgehead atoms. The lowest BCUT2D eigenvalue weighted by Crippen LogP contribution is -2.49. The molecule has 4 nitrogen and oxygen atoms in total. The Bertz CT molecular complexity index is 464. The summed E-state index contributed by atoms with van der Waals surface area (Å²) in [5, 5.41) is 3.02. The minimum atomic E-state index is -0.429.